The van der Waals surface area contributed by atoms with Gasteiger partial charge in [0.05, 0.1) is 25.4 Å². The number of rotatable bonds is 4. The van der Waals surface area contributed by atoms with Crippen LogP contribution in [0.5, 0.6) is 0 Å². The molecule has 2 N–H and O–H groups in total. The largest absolute Gasteiger partial charge is 0.391 e. The predicted molar refractivity (Wildman–Crippen MR) is 34.2 cm³/mol. The molecular weight excluding hydrogens is 120 g/mol. The molecule has 0 saturated heterocycles. The van der Waals surface area contributed by atoms with E-state index in [4.69, 9.17) is 14.9 Å². The Morgan fingerprint density at radius 2 is 1.44 bits per heavy atom. The Balaban J connectivity index is 2.91. The van der Waals surface area contributed by atoms with Gasteiger partial charge in [-0.25, -0.2) is 0 Å². The van der Waals surface area contributed by atoms with Crippen LogP contribution in [0.1, 0.15) is 13.8 Å². The maximum absolute atomic E-state index is 8.66. The van der Waals surface area contributed by atoms with Gasteiger partial charge in [0.1, 0.15) is 0 Å². The van der Waals surface area contributed by atoms with Crippen molar-refractivity contribution in [2.75, 3.05) is 13.2 Å². The SMILES string of the molecule is C[C@H](O)COC[C@H](C)O. The van der Waals surface area contributed by atoms with Gasteiger partial charge >= 0.3 is 0 Å². The monoisotopic (exact) mass is 134 g/mol. The highest BCUT2D eigenvalue weighted by atomic mass is 16.5. The van der Waals surface area contributed by atoms with Crippen LogP contribution in [0.15, 0.2) is 0 Å². The number of hydrogen-bond donors (Lipinski definition) is 2. The smallest absolute Gasteiger partial charge is 0.0745 e. The normalized spacial score (nSPS) is 17.3. The lowest BCUT2D eigenvalue weighted by molar-refractivity contribution is 0.00392. The second kappa shape index (κ2) is 4.73. The first-order valence-electron chi connectivity index (χ1n) is 3.06. The van der Waals surface area contributed by atoms with E-state index in [1.165, 1.54) is 0 Å². The van der Waals surface area contributed by atoms with Crippen LogP contribution in [0.25, 0.3) is 0 Å². The summed E-state index contributed by atoms with van der Waals surface area (Å²) in [6.07, 6.45) is -0.882. The van der Waals surface area contributed by atoms with E-state index >= 15 is 0 Å². The van der Waals surface area contributed by atoms with Crippen LogP contribution >= 0.6 is 0 Å². The van der Waals surface area contributed by atoms with Crippen LogP contribution in [0.3, 0.4) is 0 Å². The van der Waals surface area contributed by atoms with Crippen molar-refractivity contribution in [1.29, 1.82) is 0 Å². The second-order valence-electron chi connectivity index (χ2n) is 2.24. The highest BCUT2D eigenvalue weighted by molar-refractivity contribution is 4.44. The van der Waals surface area contributed by atoms with Gasteiger partial charge in [-0.2, -0.15) is 0 Å². The van der Waals surface area contributed by atoms with Crippen LogP contribution in [-0.4, -0.2) is 35.6 Å². The Morgan fingerprint density at radius 3 is 1.67 bits per heavy atom. The van der Waals surface area contributed by atoms with E-state index in [1.807, 2.05) is 0 Å². The molecule has 0 aliphatic carbocycles. The molecule has 0 saturated carbocycles. The van der Waals surface area contributed by atoms with Crippen molar-refractivity contribution >= 4 is 0 Å². The van der Waals surface area contributed by atoms with E-state index in [1.54, 1.807) is 13.8 Å². The molecule has 9 heavy (non-hydrogen) atoms. The first kappa shape index (κ1) is 8.88. The Bertz CT molecular complexity index is 53.3. The van der Waals surface area contributed by atoms with Gasteiger partial charge in [0.2, 0.25) is 0 Å². The molecule has 0 bridgehead atoms. The Labute approximate surface area is 55.3 Å². The molecule has 56 valence electrons. The van der Waals surface area contributed by atoms with Crippen molar-refractivity contribution < 1.29 is 14.9 Å². The van der Waals surface area contributed by atoms with Crippen LogP contribution in [0.4, 0.5) is 0 Å². The maximum Gasteiger partial charge on any atom is 0.0745 e. The molecule has 0 heterocycles. The molecule has 2 atom stereocenters. The highest BCUT2D eigenvalue weighted by Gasteiger charge is 1.97. The first-order chi connectivity index (χ1) is 4.13. The molecule has 0 aliphatic heterocycles. The summed E-state index contributed by atoms with van der Waals surface area (Å²) >= 11 is 0. The highest BCUT2D eigenvalue weighted by Crippen LogP contribution is 1.85. The summed E-state index contributed by atoms with van der Waals surface area (Å²) in [6, 6.07) is 0. The van der Waals surface area contributed by atoms with Gasteiger partial charge in [0.15, 0.2) is 0 Å². The van der Waals surface area contributed by atoms with Crippen LogP contribution in [0.2, 0.25) is 0 Å². The maximum atomic E-state index is 8.66. The summed E-state index contributed by atoms with van der Waals surface area (Å²) in [5.74, 6) is 0. The van der Waals surface area contributed by atoms with E-state index < -0.39 is 12.2 Å². The molecule has 0 aromatic heterocycles. The third kappa shape index (κ3) is 7.88. The zero-order valence-electron chi connectivity index (χ0n) is 5.87. The molecule has 0 radical (unpaired) electrons. The minimum Gasteiger partial charge on any atom is -0.391 e. The number of aliphatic hydroxyl groups excluding tert-OH is 2. The Hall–Kier alpha value is -0.120. The van der Waals surface area contributed by atoms with Crippen molar-refractivity contribution in [2.45, 2.75) is 26.1 Å². The quantitative estimate of drug-likeness (QED) is 0.558. The zero-order valence-corrected chi connectivity index (χ0v) is 5.87. The standard InChI is InChI=1S/C6H14O3/c1-5(7)3-9-4-6(2)8/h5-8H,3-4H2,1-2H3/t5-,6-/m0/s1. The Kier molecular flexibility index (Phi) is 4.67. The minimum atomic E-state index is -0.441. The van der Waals surface area contributed by atoms with E-state index in [-0.39, 0.29) is 0 Å². The Morgan fingerprint density at radius 1 is 1.11 bits per heavy atom. The van der Waals surface area contributed by atoms with Gasteiger partial charge in [-0.15, -0.1) is 0 Å². The fourth-order valence-electron chi connectivity index (χ4n) is 0.409. The molecule has 0 aromatic rings. The van der Waals surface area contributed by atoms with Gasteiger partial charge in [0.25, 0.3) is 0 Å². The van der Waals surface area contributed by atoms with Gasteiger partial charge in [0, 0.05) is 0 Å². The van der Waals surface area contributed by atoms with Gasteiger partial charge in [-0.05, 0) is 13.8 Å². The van der Waals surface area contributed by atoms with Crippen LogP contribution < -0.4 is 0 Å². The average Bonchev–Trinajstić information content (AvgIpc) is 1.63. The van der Waals surface area contributed by atoms with Crippen molar-refractivity contribution in [3.05, 3.63) is 0 Å². The second-order valence-corrected chi connectivity index (χ2v) is 2.24. The fraction of sp³-hybridized carbons (Fsp3) is 1.00. The molecule has 0 unspecified atom stereocenters. The summed E-state index contributed by atoms with van der Waals surface area (Å²) in [6.45, 7) is 3.87. The van der Waals surface area contributed by atoms with Crippen molar-refractivity contribution in [3.8, 4) is 0 Å². The van der Waals surface area contributed by atoms with Crippen molar-refractivity contribution in [1.82, 2.24) is 0 Å². The summed E-state index contributed by atoms with van der Waals surface area (Å²) in [7, 11) is 0. The molecule has 0 amide bonds. The molecule has 0 rings (SSSR count). The van der Waals surface area contributed by atoms with E-state index in [9.17, 15) is 0 Å². The molecule has 3 heteroatoms. The van der Waals surface area contributed by atoms with E-state index in [0.29, 0.717) is 13.2 Å². The summed E-state index contributed by atoms with van der Waals surface area (Å²) in [5, 5.41) is 17.3. The van der Waals surface area contributed by atoms with Crippen molar-refractivity contribution in [3.63, 3.8) is 0 Å². The topological polar surface area (TPSA) is 49.7 Å². The van der Waals surface area contributed by atoms with Gasteiger partial charge in [-0.1, -0.05) is 0 Å². The number of aliphatic hydroxyl groups is 2. The fourth-order valence-corrected chi connectivity index (χ4v) is 0.409. The number of ether oxygens (including phenoxy) is 1. The molecule has 3 nitrogen and oxygen atoms in total. The van der Waals surface area contributed by atoms with Gasteiger partial charge in [-0.3, -0.25) is 0 Å². The molecule has 0 aliphatic rings. The van der Waals surface area contributed by atoms with Crippen LogP contribution in [-0.2, 0) is 4.74 Å². The molecule has 0 spiro atoms. The number of hydrogen-bond acceptors (Lipinski definition) is 3. The third-order valence-electron chi connectivity index (χ3n) is 0.718. The zero-order chi connectivity index (χ0) is 7.28. The first-order valence-corrected chi connectivity index (χ1v) is 3.06. The third-order valence-corrected chi connectivity index (χ3v) is 0.718. The predicted octanol–water partition coefficient (Wildman–Crippen LogP) is -0.235. The summed E-state index contributed by atoms with van der Waals surface area (Å²) in [5.41, 5.74) is 0. The van der Waals surface area contributed by atoms with Crippen molar-refractivity contribution in [2.24, 2.45) is 0 Å². The average molecular weight is 134 g/mol. The summed E-state index contributed by atoms with van der Waals surface area (Å²) in [4.78, 5) is 0. The minimum absolute atomic E-state index is 0.297. The molecule has 0 aromatic carbocycles. The van der Waals surface area contributed by atoms with Gasteiger partial charge < -0.3 is 14.9 Å². The van der Waals surface area contributed by atoms with E-state index in [0.717, 1.165) is 0 Å². The summed E-state index contributed by atoms with van der Waals surface area (Å²) < 4.78 is 4.86. The molecule has 0 fully saturated rings. The van der Waals surface area contributed by atoms with Crippen LogP contribution in [0, 0.1) is 0 Å². The molecular formula is C6H14O3. The lowest BCUT2D eigenvalue weighted by Gasteiger charge is -2.06. The lowest BCUT2D eigenvalue weighted by atomic mass is 10.4. The van der Waals surface area contributed by atoms with E-state index in [2.05, 4.69) is 0 Å². The lowest BCUT2D eigenvalue weighted by Crippen LogP contribution is -2.16.